The molecule has 0 saturated carbocycles. The highest BCUT2D eigenvalue weighted by Crippen LogP contribution is 2.08. The van der Waals surface area contributed by atoms with Crippen molar-refractivity contribution in [3.05, 3.63) is 0 Å². The van der Waals surface area contributed by atoms with Gasteiger partial charge in [0.25, 0.3) is 0 Å². The monoisotopic (exact) mass is 229 g/mol. The van der Waals surface area contributed by atoms with E-state index in [2.05, 4.69) is 19.2 Å². The molecule has 1 rings (SSSR count). The summed E-state index contributed by atoms with van der Waals surface area (Å²) in [7, 11) is 0. The number of ether oxygens (including phenoxy) is 2. The fourth-order valence-electron chi connectivity index (χ4n) is 2.07. The Bertz CT molecular complexity index is 158. The minimum Gasteiger partial charge on any atom is -0.379 e. The van der Waals surface area contributed by atoms with Gasteiger partial charge in [0, 0.05) is 19.3 Å². The number of hydrogen-bond donors (Lipinski definition) is 1. The molecule has 1 heterocycles. The van der Waals surface area contributed by atoms with Crippen LogP contribution in [-0.4, -0.2) is 38.5 Å². The lowest BCUT2D eigenvalue weighted by molar-refractivity contribution is 0.0413. The highest BCUT2D eigenvalue weighted by Gasteiger charge is 2.15. The van der Waals surface area contributed by atoms with E-state index in [1.54, 1.807) is 0 Å². The second-order valence-corrected chi connectivity index (χ2v) is 4.56. The van der Waals surface area contributed by atoms with Crippen molar-refractivity contribution >= 4 is 0 Å². The molecule has 16 heavy (non-hydrogen) atoms. The zero-order valence-electron chi connectivity index (χ0n) is 10.8. The Kier molecular flexibility index (Phi) is 7.81. The van der Waals surface area contributed by atoms with Crippen LogP contribution in [0.15, 0.2) is 0 Å². The van der Waals surface area contributed by atoms with Crippen LogP contribution in [0, 0.1) is 0 Å². The van der Waals surface area contributed by atoms with Crippen LogP contribution in [0.4, 0.5) is 0 Å². The molecular weight excluding hydrogens is 202 g/mol. The van der Waals surface area contributed by atoms with Crippen LogP contribution in [0.3, 0.4) is 0 Å². The third-order valence-electron chi connectivity index (χ3n) is 3.13. The number of hydrogen-bond acceptors (Lipinski definition) is 3. The molecule has 1 aliphatic heterocycles. The summed E-state index contributed by atoms with van der Waals surface area (Å²) in [6.07, 6.45) is 6.32. The maximum atomic E-state index is 5.71. The standard InChI is InChI=1S/C13H27NO2/c1-3-6-12(4-2)14-8-5-9-16-13-7-10-15-11-13/h12-14H,3-11H2,1-2H3. The third-order valence-corrected chi connectivity index (χ3v) is 3.13. The van der Waals surface area contributed by atoms with Crippen molar-refractivity contribution in [1.29, 1.82) is 0 Å². The molecular formula is C13H27NO2. The molecule has 3 nitrogen and oxygen atoms in total. The van der Waals surface area contributed by atoms with Crippen LogP contribution in [0.2, 0.25) is 0 Å². The molecule has 1 fully saturated rings. The molecule has 0 aromatic heterocycles. The average molecular weight is 229 g/mol. The molecule has 0 amide bonds. The van der Waals surface area contributed by atoms with E-state index in [0.29, 0.717) is 12.1 Å². The number of nitrogens with one attached hydrogen (secondary N) is 1. The lowest BCUT2D eigenvalue weighted by atomic mass is 10.1. The van der Waals surface area contributed by atoms with Gasteiger partial charge in [0.2, 0.25) is 0 Å². The third kappa shape index (κ3) is 5.83. The Morgan fingerprint density at radius 3 is 2.94 bits per heavy atom. The predicted molar refractivity (Wildman–Crippen MR) is 66.8 cm³/mol. The molecule has 1 N–H and O–H groups in total. The topological polar surface area (TPSA) is 30.5 Å². The molecule has 96 valence electrons. The second-order valence-electron chi connectivity index (χ2n) is 4.56. The van der Waals surface area contributed by atoms with Gasteiger partial charge in [0.05, 0.1) is 12.7 Å². The van der Waals surface area contributed by atoms with E-state index >= 15 is 0 Å². The molecule has 0 aromatic rings. The Morgan fingerprint density at radius 2 is 2.31 bits per heavy atom. The molecule has 0 radical (unpaired) electrons. The molecule has 1 aliphatic rings. The highest BCUT2D eigenvalue weighted by molar-refractivity contribution is 4.65. The van der Waals surface area contributed by atoms with Crippen LogP contribution >= 0.6 is 0 Å². The van der Waals surface area contributed by atoms with Gasteiger partial charge in [-0.15, -0.1) is 0 Å². The molecule has 3 heteroatoms. The van der Waals surface area contributed by atoms with E-state index in [9.17, 15) is 0 Å². The molecule has 2 unspecified atom stereocenters. The normalized spacial score (nSPS) is 22.5. The summed E-state index contributed by atoms with van der Waals surface area (Å²) >= 11 is 0. The van der Waals surface area contributed by atoms with Crippen molar-refractivity contribution in [2.24, 2.45) is 0 Å². The SMILES string of the molecule is CCCC(CC)NCCCOC1CCOC1. The molecule has 1 saturated heterocycles. The maximum absolute atomic E-state index is 5.71. The van der Waals surface area contributed by atoms with E-state index in [-0.39, 0.29) is 0 Å². The molecule has 0 aromatic carbocycles. The zero-order chi connectivity index (χ0) is 11.6. The van der Waals surface area contributed by atoms with Crippen LogP contribution in [0.25, 0.3) is 0 Å². The average Bonchev–Trinajstić information content (AvgIpc) is 2.80. The van der Waals surface area contributed by atoms with Crippen molar-refractivity contribution in [3.8, 4) is 0 Å². The molecule has 2 atom stereocenters. The smallest absolute Gasteiger partial charge is 0.0830 e. The first kappa shape index (κ1) is 13.9. The molecule has 0 spiro atoms. The summed E-state index contributed by atoms with van der Waals surface area (Å²) in [5.41, 5.74) is 0. The van der Waals surface area contributed by atoms with Gasteiger partial charge in [-0.05, 0) is 32.2 Å². The van der Waals surface area contributed by atoms with E-state index < -0.39 is 0 Å². The predicted octanol–water partition coefficient (Wildman–Crippen LogP) is 2.35. The van der Waals surface area contributed by atoms with Crippen molar-refractivity contribution in [2.75, 3.05) is 26.4 Å². The lowest BCUT2D eigenvalue weighted by Gasteiger charge is -2.16. The van der Waals surface area contributed by atoms with Gasteiger partial charge >= 0.3 is 0 Å². The van der Waals surface area contributed by atoms with Crippen molar-refractivity contribution < 1.29 is 9.47 Å². The van der Waals surface area contributed by atoms with Gasteiger partial charge in [-0.2, -0.15) is 0 Å². The first-order valence-electron chi connectivity index (χ1n) is 6.79. The highest BCUT2D eigenvalue weighted by atomic mass is 16.5. The maximum Gasteiger partial charge on any atom is 0.0830 e. The van der Waals surface area contributed by atoms with E-state index in [4.69, 9.17) is 9.47 Å². The first-order chi connectivity index (χ1) is 7.86. The Labute approximate surface area is 99.9 Å². The quantitative estimate of drug-likeness (QED) is 0.616. The summed E-state index contributed by atoms with van der Waals surface area (Å²) in [6.45, 7) is 8.10. The Hall–Kier alpha value is -0.120. The van der Waals surface area contributed by atoms with Gasteiger partial charge in [-0.3, -0.25) is 0 Å². The van der Waals surface area contributed by atoms with Gasteiger partial charge in [0.15, 0.2) is 0 Å². The van der Waals surface area contributed by atoms with Crippen molar-refractivity contribution in [2.45, 2.75) is 58.1 Å². The van der Waals surface area contributed by atoms with Gasteiger partial charge < -0.3 is 14.8 Å². The summed E-state index contributed by atoms with van der Waals surface area (Å²) in [6, 6.07) is 0.694. The van der Waals surface area contributed by atoms with Gasteiger partial charge in [-0.25, -0.2) is 0 Å². The van der Waals surface area contributed by atoms with Gasteiger partial charge in [0.1, 0.15) is 0 Å². The first-order valence-corrected chi connectivity index (χ1v) is 6.79. The summed E-state index contributed by atoms with van der Waals surface area (Å²) in [4.78, 5) is 0. The van der Waals surface area contributed by atoms with Gasteiger partial charge in [-0.1, -0.05) is 20.3 Å². The molecule has 0 bridgehead atoms. The minimum absolute atomic E-state index is 0.359. The van der Waals surface area contributed by atoms with Crippen molar-refractivity contribution in [1.82, 2.24) is 5.32 Å². The van der Waals surface area contributed by atoms with E-state index in [1.165, 1.54) is 19.3 Å². The summed E-state index contributed by atoms with van der Waals surface area (Å²) in [5.74, 6) is 0. The van der Waals surface area contributed by atoms with E-state index in [1.807, 2.05) is 0 Å². The Balaban J connectivity index is 1.89. The van der Waals surface area contributed by atoms with Crippen LogP contribution in [-0.2, 0) is 9.47 Å². The van der Waals surface area contributed by atoms with Crippen LogP contribution in [0.1, 0.15) is 46.0 Å². The Morgan fingerprint density at radius 1 is 1.44 bits per heavy atom. The number of rotatable bonds is 9. The van der Waals surface area contributed by atoms with Crippen LogP contribution in [0.5, 0.6) is 0 Å². The fraction of sp³-hybridized carbons (Fsp3) is 1.00. The molecule has 0 aliphatic carbocycles. The van der Waals surface area contributed by atoms with Crippen molar-refractivity contribution in [3.63, 3.8) is 0 Å². The zero-order valence-corrected chi connectivity index (χ0v) is 10.8. The largest absolute Gasteiger partial charge is 0.379 e. The lowest BCUT2D eigenvalue weighted by Crippen LogP contribution is -2.30. The second kappa shape index (κ2) is 8.97. The van der Waals surface area contributed by atoms with Crippen LogP contribution < -0.4 is 5.32 Å². The fourth-order valence-corrected chi connectivity index (χ4v) is 2.07. The summed E-state index contributed by atoms with van der Waals surface area (Å²) < 4.78 is 11.0. The minimum atomic E-state index is 0.359. The summed E-state index contributed by atoms with van der Waals surface area (Å²) in [5, 5.41) is 3.58. The van der Waals surface area contributed by atoms with E-state index in [0.717, 1.165) is 39.2 Å².